The van der Waals surface area contributed by atoms with Crippen molar-refractivity contribution in [2.24, 2.45) is 0 Å². The molecule has 1 fully saturated rings. The monoisotopic (exact) mass is 344 g/mol. The van der Waals surface area contributed by atoms with E-state index in [1.165, 1.54) is 24.6 Å². The fourth-order valence-electron chi connectivity index (χ4n) is 2.27. The molecular weight excluding hydrogens is 316 g/mol. The summed E-state index contributed by atoms with van der Waals surface area (Å²) in [5.41, 5.74) is 0.798. The molecule has 6 nitrogen and oxygen atoms in total. The highest BCUT2D eigenvalue weighted by Gasteiger charge is 2.25. The average molecular weight is 344 g/mol. The molecule has 132 valence electrons. The third-order valence-corrected chi connectivity index (χ3v) is 3.97. The minimum absolute atomic E-state index is 0.256. The van der Waals surface area contributed by atoms with Crippen LogP contribution in [0.15, 0.2) is 11.6 Å². The van der Waals surface area contributed by atoms with E-state index in [0.717, 1.165) is 12.8 Å². The molecule has 1 atom stereocenters. The lowest BCUT2D eigenvalue weighted by molar-refractivity contribution is -0.142. The minimum Gasteiger partial charge on any atom is -0.468 e. The molecule has 23 heavy (non-hydrogen) atoms. The summed E-state index contributed by atoms with van der Waals surface area (Å²) in [5, 5.41) is 0. The van der Waals surface area contributed by atoms with Crippen molar-refractivity contribution in [1.82, 2.24) is 9.62 Å². The molecule has 0 aliphatic carbocycles. The Kier molecular flexibility index (Phi) is 7.91. The zero-order chi connectivity index (χ0) is 17.5. The van der Waals surface area contributed by atoms with Crippen LogP contribution in [-0.4, -0.2) is 55.1 Å². The summed E-state index contributed by atoms with van der Waals surface area (Å²) in [5.74, 6) is -0.262. The average Bonchev–Trinajstić information content (AvgIpc) is 2.49. The molecule has 7 heteroatoms. The third-order valence-electron chi connectivity index (χ3n) is 3.45. The lowest BCUT2D eigenvalue weighted by atomic mass is 10.0. The first-order valence-corrected chi connectivity index (χ1v) is 9.01. The summed E-state index contributed by atoms with van der Waals surface area (Å²) in [4.78, 5) is 25.4. The second kappa shape index (κ2) is 9.17. The summed E-state index contributed by atoms with van der Waals surface area (Å²) in [6.07, 6.45) is 5.92. The summed E-state index contributed by atoms with van der Waals surface area (Å²) < 4.78 is 13.2. The van der Waals surface area contributed by atoms with Crippen LogP contribution in [0, 0.1) is 0 Å². The van der Waals surface area contributed by atoms with Crippen LogP contribution < -0.4 is 4.72 Å². The van der Waals surface area contributed by atoms with E-state index in [1.807, 2.05) is 27.0 Å². The molecule has 0 aromatic carbocycles. The van der Waals surface area contributed by atoms with E-state index in [2.05, 4.69) is 10.8 Å². The van der Waals surface area contributed by atoms with Crippen LogP contribution in [0.3, 0.4) is 0 Å². The number of esters is 1. The molecule has 0 aromatic heterocycles. The first-order chi connectivity index (χ1) is 10.8. The molecule has 0 aromatic rings. The van der Waals surface area contributed by atoms with Gasteiger partial charge in [0.25, 0.3) is 0 Å². The third kappa shape index (κ3) is 7.26. The van der Waals surface area contributed by atoms with Gasteiger partial charge in [0.1, 0.15) is 11.6 Å². The van der Waals surface area contributed by atoms with Gasteiger partial charge in [-0.15, -0.1) is 0 Å². The van der Waals surface area contributed by atoms with Crippen LogP contribution >= 0.6 is 11.9 Å². The number of hydrogen-bond donors (Lipinski definition) is 1. The first-order valence-electron chi connectivity index (χ1n) is 7.79. The summed E-state index contributed by atoms with van der Waals surface area (Å²) in [7, 11) is 1.39. The zero-order valence-electron chi connectivity index (χ0n) is 14.7. The van der Waals surface area contributed by atoms with Crippen molar-refractivity contribution in [2.75, 3.05) is 26.5 Å². The van der Waals surface area contributed by atoms with E-state index in [0.29, 0.717) is 19.5 Å². The number of amides is 1. The van der Waals surface area contributed by atoms with Crippen LogP contribution in [0.25, 0.3) is 0 Å². The predicted octanol–water partition coefficient (Wildman–Crippen LogP) is 2.74. The number of rotatable bonds is 5. The maximum absolute atomic E-state index is 12.0. The van der Waals surface area contributed by atoms with E-state index in [1.54, 1.807) is 4.90 Å². The highest BCUT2D eigenvalue weighted by atomic mass is 32.2. The Bertz CT molecular complexity index is 436. The van der Waals surface area contributed by atoms with Crippen LogP contribution in [0.5, 0.6) is 0 Å². The van der Waals surface area contributed by atoms with E-state index in [-0.39, 0.29) is 18.1 Å². The summed E-state index contributed by atoms with van der Waals surface area (Å²) in [6.45, 7) is 6.91. The number of nitrogens with one attached hydrogen (secondary N) is 1. The second-order valence-electron chi connectivity index (χ2n) is 6.46. The largest absolute Gasteiger partial charge is 0.468 e. The van der Waals surface area contributed by atoms with Gasteiger partial charge in [-0.25, -0.2) is 9.52 Å². The Labute approximate surface area is 143 Å². The van der Waals surface area contributed by atoms with Gasteiger partial charge in [0.2, 0.25) is 0 Å². The topological polar surface area (TPSA) is 67.9 Å². The van der Waals surface area contributed by atoms with Gasteiger partial charge in [-0.2, -0.15) is 0 Å². The first kappa shape index (κ1) is 19.8. The normalized spacial score (nSPS) is 16.7. The van der Waals surface area contributed by atoms with Crippen LogP contribution in [0.1, 0.15) is 40.0 Å². The number of ether oxygens (including phenoxy) is 2. The molecule has 1 aliphatic heterocycles. The number of piperidine rings is 1. The van der Waals surface area contributed by atoms with Crippen LogP contribution in [0.2, 0.25) is 0 Å². The number of likely N-dealkylation sites (tertiary alicyclic amines) is 1. The Hall–Kier alpha value is -1.21. The highest BCUT2D eigenvalue weighted by molar-refractivity contribution is 7.96. The van der Waals surface area contributed by atoms with Gasteiger partial charge in [-0.3, -0.25) is 4.79 Å². The van der Waals surface area contributed by atoms with E-state index in [9.17, 15) is 9.59 Å². The Morgan fingerprint density at radius 3 is 2.43 bits per heavy atom. The standard InChI is InChI=1S/C16H28N2O4S/c1-16(2,3)22-15(20)18-10-8-12(9-11-18)6-7-13(17-23-5)14(19)21-4/h6,13,17H,7-11H2,1-5H3. The summed E-state index contributed by atoms with van der Waals surface area (Å²) in [6, 6.07) is -0.341. The molecule has 0 saturated carbocycles. The van der Waals surface area contributed by atoms with Gasteiger partial charge < -0.3 is 14.4 Å². The number of hydrogen-bond acceptors (Lipinski definition) is 6. The molecule has 0 spiro atoms. The Balaban J connectivity index is 2.48. The van der Waals surface area contributed by atoms with Crippen LogP contribution in [0.4, 0.5) is 4.79 Å². The Morgan fingerprint density at radius 1 is 1.35 bits per heavy atom. The van der Waals surface area contributed by atoms with Crippen LogP contribution in [-0.2, 0) is 14.3 Å². The lowest BCUT2D eigenvalue weighted by Gasteiger charge is -2.31. The number of carbonyl (C=O) groups is 2. The Morgan fingerprint density at radius 2 is 1.96 bits per heavy atom. The second-order valence-corrected chi connectivity index (χ2v) is 7.11. The van der Waals surface area contributed by atoms with Crippen molar-refractivity contribution >= 4 is 24.0 Å². The minimum atomic E-state index is -0.468. The molecule has 1 saturated heterocycles. The molecule has 1 N–H and O–H groups in total. The van der Waals surface area contributed by atoms with Gasteiger partial charge in [0, 0.05) is 13.1 Å². The van der Waals surface area contributed by atoms with Gasteiger partial charge in [-0.05, 0) is 46.3 Å². The number of nitrogens with zero attached hydrogens (tertiary/aromatic N) is 1. The van der Waals surface area contributed by atoms with E-state index >= 15 is 0 Å². The molecule has 1 unspecified atom stereocenters. The summed E-state index contributed by atoms with van der Waals surface area (Å²) >= 11 is 1.40. The van der Waals surface area contributed by atoms with Crippen molar-refractivity contribution in [3.63, 3.8) is 0 Å². The van der Waals surface area contributed by atoms with Gasteiger partial charge in [0.05, 0.1) is 7.11 Å². The molecule has 0 bridgehead atoms. The van der Waals surface area contributed by atoms with E-state index < -0.39 is 5.60 Å². The molecule has 1 heterocycles. The predicted molar refractivity (Wildman–Crippen MR) is 92.2 cm³/mol. The highest BCUT2D eigenvalue weighted by Crippen LogP contribution is 2.20. The van der Waals surface area contributed by atoms with E-state index in [4.69, 9.17) is 9.47 Å². The molecular formula is C16H28N2O4S. The van der Waals surface area contributed by atoms with Crippen molar-refractivity contribution in [3.8, 4) is 0 Å². The molecule has 0 radical (unpaired) electrons. The van der Waals surface area contributed by atoms with Crippen molar-refractivity contribution in [2.45, 2.75) is 51.7 Å². The SMILES string of the molecule is COC(=O)C(CC=C1CCN(C(=O)OC(C)(C)C)CC1)NSC. The van der Waals surface area contributed by atoms with Crippen molar-refractivity contribution < 1.29 is 19.1 Å². The van der Waals surface area contributed by atoms with Gasteiger partial charge in [-0.1, -0.05) is 23.6 Å². The molecule has 1 aliphatic rings. The maximum Gasteiger partial charge on any atom is 0.410 e. The van der Waals surface area contributed by atoms with Crippen molar-refractivity contribution in [1.29, 1.82) is 0 Å². The number of carbonyl (C=O) groups excluding carboxylic acids is 2. The number of methoxy groups -OCH3 is 1. The lowest BCUT2D eigenvalue weighted by Crippen LogP contribution is -2.40. The smallest absolute Gasteiger partial charge is 0.410 e. The maximum atomic E-state index is 12.0. The zero-order valence-corrected chi connectivity index (χ0v) is 15.5. The quantitative estimate of drug-likeness (QED) is 0.470. The fourth-order valence-corrected chi connectivity index (χ4v) is 2.75. The van der Waals surface area contributed by atoms with Gasteiger partial charge >= 0.3 is 12.1 Å². The molecule has 1 amide bonds. The fraction of sp³-hybridized carbons (Fsp3) is 0.750. The van der Waals surface area contributed by atoms with Crippen molar-refractivity contribution in [3.05, 3.63) is 11.6 Å². The van der Waals surface area contributed by atoms with Gasteiger partial charge in [0.15, 0.2) is 0 Å². The molecule has 1 rings (SSSR count).